The number of carbonyl (C=O) groups excluding carboxylic acids is 1. The Balaban J connectivity index is 3.46. The van der Waals surface area contributed by atoms with Crippen molar-refractivity contribution in [3.8, 4) is 0 Å². The lowest BCUT2D eigenvalue weighted by Crippen LogP contribution is -2.38. The van der Waals surface area contributed by atoms with Crippen molar-refractivity contribution >= 4 is 15.9 Å². The molecule has 1 unspecified atom stereocenters. The average Bonchev–Trinajstić information content (AvgIpc) is 2.61. The lowest BCUT2D eigenvalue weighted by molar-refractivity contribution is -0.118. The van der Waals surface area contributed by atoms with Crippen molar-refractivity contribution in [1.82, 2.24) is 5.32 Å². The first-order valence-electron chi connectivity index (χ1n) is 11.1. The largest absolute Gasteiger partial charge is 0.318 e. The van der Waals surface area contributed by atoms with Gasteiger partial charge in [-0.1, -0.05) is 96.8 Å². The molecule has 0 aromatic heterocycles. The Hall–Kier alpha value is -0.460. The molecule has 0 amide bonds. The normalized spacial score (nSPS) is 13.0. The minimum atomic E-state index is -4.31. The number of Topliss-reactive ketones (excluding diaryl/α,β-unsaturated/α-hetero) is 1. The Morgan fingerprint density at radius 3 is 1.48 bits per heavy atom. The Labute approximate surface area is 167 Å². The van der Waals surface area contributed by atoms with E-state index in [1.54, 1.807) is 7.05 Å². The van der Waals surface area contributed by atoms with Crippen LogP contribution in [0.3, 0.4) is 0 Å². The summed E-state index contributed by atoms with van der Waals surface area (Å²) in [6, 6.07) is 0. The molecule has 0 spiro atoms. The van der Waals surface area contributed by atoms with Gasteiger partial charge < -0.3 is 5.32 Å². The lowest BCUT2D eigenvalue weighted by Gasteiger charge is -2.12. The van der Waals surface area contributed by atoms with Gasteiger partial charge in [0.05, 0.1) is 0 Å². The van der Waals surface area contributed by atoms with E-state index >= 15 is 0 Å². The van der Waals surface area contributed by atoms with Crippen molar-refractivity contribution in [2.45, 2.75) is 115 Å². The van der Waals surface area contributed by atoms with Gasteiger partial charge in [0.25, 0.3) is 10.1 Å². The molecule has 0 aromatic carbocycles. The van der Waals surface area contributed by atoms with Gasteiger partial charge in [0, 0.05) is 13.0 Å². The van der Waals surface area contributed by atoms with Crippen molar-refractivity contribution in [1.29, 1.82) is 0 Å². The minimum absolute atomic E-state index is 0.0313. The van der Waals surface area contributed by atoms with Crippen LogP contribution in [0.2, 0.25) is 0 Å². The van der Waals surface area contributed by atoms with E-state index in [4.69, 9.17) is 4.55 Å². The molecule has 0 aliphatic rings. The molecule has 0 aliphatic heterocycles. The van der Waals surface area contributed by atoms with Crippen molar-refractivity contribution < 1.29 is 17.8 Å². The van der Waals surface area contributed by atoms with E-state index in [1.807, 2.05) is 0 Å². The van der Waals surface area contributed by atoms with E-state index in [0.717, 1.165) is 12.8 Å². The van der Waals surface area contributed by atoms with E-state index in [-0.39, 0.29) is 18.7 Å². The molecule has 2 N–H and O–H groups in total. The number of hydrogen-bond donors (Lipinski definition) is 2. The fourth-order valence-corrected chi connectivity index (χ4v) is 4.23. The van der Waals surface area contributed by atoms with E-state index in [9.17, 15) is 13.2 Å². The van der Waals surface area contributed by atoms with Crippen LogP contribution in [0.1, 0.15) is 110 Å². The minimum Gasteiger partial charge on any atom is -0.318 e. The summed E-state index contributed by atoms with van der Waals surface area (Å²) < 4.78 is 31.6. The maximum Gasteiger partial charge on any atom is 0.276 e. The molecule has 5 nitrogen and oxygen atoms in total. The van der Waals surface area contributed by atoms with Gasteiger partial charge in [0.15, 0.2) is 11.0 Å². The summed E-state index contributed by atoms with van der Waals surface area (Å²) in [6.45, 7) is 2.22. The van der Waals surface area contributed by atoms with Gasteiger partial charge in [-0.3, -0.25) is 9.35 Å². The molecule has 0 aliphatic carbocycles. The second-order valence-electron chi connectivity index (χ2n) is 7.73. The number of hydrogen-bond acceptors (Lipinski definition) is 4. The van der Waals surface area contributed by atoms with Crippen LogP contribution in [0, 0.1) is 0 Å². The third kappa shape index (κ3) is 16.2. The van der Waals surface area contributed by atoms with Crippen LogP contribution in [-0.4, -0.2) is 37.6 Å². The molecule has 0 saturated heterocycles. The second kappa shape index (κ2) is 17.6. The third-order valence-electron chi connectivity index (χ3n) is 5.13. The van der Waals surface area contributed by atoms with Crippen LogP contribution in [0.25, 0.3) is 0 Å². The van der Waals surface area contributed by atoms with Crippen molar-refractivity contribution in [2.75, 3.05) is 13.6 Å². The Bertz CT molecular complexity index is 451. The highest BCUT2D eigenvalue weighted by atomic mass is 32.2. The quantitative estimate of drug-likeness (QED) is 0.212. The summed E-state index contributed by atoms with van der Waals surface area (Å²) in [5.74, 6) is -0.387. The van der Waals surface area contributed by atoms with Gasteiger partial charge in [-0.05, 0) is 13.5 Å². The summed E-state index contributed by atoms with van der Waals surface area (Å²) in [7, 11) is -2.74. The molecule has 1 atom stereocenters. The smallest absolute Gasteiger partial charge is 0.276 e. The second-order valence-corrected chi connectivity index (χ2v) is 9.33. The van der Waals surface area contributed by atoms with Crippen LogP contribution in [0.15, 0.2) is 0 Å². The SMILES string of the molecule is CCCCCCCCCCCCCCCCCC(=O)C(CNC)S(=O)(=O)O. The number of unbranched alkanes of at least 4 members (excludes halogenated alkanes) is 14. The molecule has 0 rings (SSSR count). The molecule has 0 bridgehead atoms. The first kappa shape index (κ1) is 26.5. The van der Waals surface area contributed by atoms with Gasteiger partial charge in [-0.15, -0.1) is 0 Å². The summed E-state index contributed by atoms with van der Waals surface area (Å²) in [5.41, 5.74) is 0. The van der Waals surface area contributed by atoms with E-state index in [0.29, 0.717) is 6.42 Å². The molecule has 0 radical (unpaired) electrons. The molecular formula is C21H43NO4S. The van der Waals surface area contributed by atoms with Crippen LogP contribution >= 0.6 is 0 Å². The summed E-state index contributed by atoms with van der Waals surface area (Å²) in [6.07, 6.45) is 19.0. The highest BCUT2D eigenvalue weighted by Crippen LogP contribution is 2.14. The lowest BCUT2D eigenvalue weighted by atomic mass is 10.0. The fraction of sp³-hybridized carbons (Fsp3) is 0.952. The van der Waals surface area contributed by atoms with Crippen molar-refractivity contribution in [3.63, 3.8) is 0 Å². The average molecular weight is 406 g/mol. The van der Waals surface area contributed by atoms with Gasteiger partial charge in [0.2, 0.25) is 0 Å². The van der Waals surface area contributed by atoms with E-state index in [1.165, 1.54) is 77.0 Å². The van der Waals surface area contributed by atoms with Gasteiger partial charge in [-0.25, -0.2) is 0 Å². The van der Waals surface area contributed by atoms with Gasteiger partial charge >= 0.3 is 0 Å². The standard InChI is InChI=1S/C21H43NO4S/c1-3-4-5-6-7-8-9-10-11-12-13-14-15-16-17-18-20(23)21(19-22-2)27(24,25)26/h21-22H,3-19H2,1-2H3,(H,24,25,26). The highest BCUT2D eigenvalue weighted by Gasteiger charge is 2.29. The maximum absolute atomic E-state index is 11.9. The van der Waals surface area contributed by atoms with Crippen LogP contribution < -0.4 is 5.32 Å². The third-order valence-corrected chi connectivity index (χ3v) is 6.28. The number of ketones is 1. The van der Waals surface area contributed by atoms with Gasteiger partial charge in [0.1, 0.15) is 0 Å². The summed E-state index contributed by atoms with van der Waals surface area (Å²) in [4.78, 5) is 11.9. The topological polar surface area (TPSA) is 83.5 Å². The number of rotatable bonds is 20. The predicted molar refractivity (Wildman–Crippen MR) is 114 cm³/mol. The molecule has 0 fully saturated rings. The monoisotopic (exact) mass is 405 g/mol. The highest BCUT2D eigenvalue weighted by molar-refractivity contribution is 7.87. The molecule has 6 heteroatoms. The molecule has 0 heterocycles. The van der Waals surface area contributed by atoms with Crippen LogP contribution in [-0.2, 0) is 14.9 Å². The number of carbonyl (C=O) groups is 1. The zero-order valence-corrected chi connectivity index (χ0v) is 18.5. The number of nitrogens with one attached hydrogen (secondary N) is 1. The first-order chi connectivity index (χ1) is 12.9. The maximum atomic E-state index is 11.9. The molecular weight excluding hydrogens is 362 g/mol. The summed E-state index contributed by atoms with van der Waals surface area (Å²) in [5, 5.41) is 1.32. The Morgan fingerprint density at radius 2 is 1.15 bits per heavy atom. The Kier molecular flexibility index (Phi) is 17.3. The van der Waals surface area contributed by atoms with Crippen LogP contribution in [0.5, 0.6) is 0 Å². The van der Waals surface area contributed by atoms with E-state index in [2.05, 4.69) is 12.2 Å². The molecule has 0 aromatic rings. The summed E-state index contributed by atoms with van der Waals surface area (Å²) >= 11 is 0. The zero-order chi connectivity index (χ0) is 20.4. The molecule has 162 valence electrons. The van der Waals surface area contributed by atoms with Gasteiger partial charge in [-0.2, -0.15) is 8.42 Å². The predicted octanol–water partition coefficient (Wildman–Crippen LogP) is 5.29. The molecule has 27 heavy (non-hydrogen) atoms. The zero-order valence-electron chi connectivity index (χ0n) is 17.7. The Morgan fingerprint density at radius 1 is 0.778 bits per heavy atom. The molecule has 0 saturated carbocycles. The van der Waals surface area contributed by atoms with Crippen molar-refractivity contribution in [2.24, 2.45) is 0 Å². The first-order valence-corrected chi connectivity index (χ1v) is 12.6. The van der Waals surface area contributed by atoms with E-state index < -0.39 is 15.4 Å². The van der Waals surface area contributed by atoms with Crippen molar-refractivity contribution in [3.05, 3.63) is 0 Å². The van der Waals surface area contributed by atoms with Crippen LogP contribution in [0.4, 0.5) is 0 Å². The fourth-order valence-electron chi connectivity index (χ4n) is 3.40.